The molecule has 0 aliphatic heterocycles. The van der Waals surface area contributed by atoms with E-state index in [1.165, 1.54) is 6.92 Å². The second-order valence-electron chi connectivity index (χ2n) is 1.59. The van der Waals surface area contributed by atoms with Crippen LogP contribution in [0.1, 0.15) is 13.3 Å². The Morgan fingerprint density at radius 3 is 2.11 bits per heavy atom. The van der Waals surface area contributed by atoms with E-state index in [0.717, 1.165) is 0 Å². The van der Waals surface area contributed by atoms with Crippen LogP contribution < -0.4 is 0 Å². The summed E-state index contributed by atoms with van der Waals surface area (Å²) in [4.78, 5) is 0. The highest BCUT2D eigenvalue weighted by Crippen LogP contribution is 2.26. The molecule has 0 saturated carbocycles. The van der Waals surface area contributed by atoms with E-state index in [-0.39, 0.29) is 6.67 Å². The maximum Gasteiger partial charge on any atom is 0.319 e. The lowest BCUT2D eigenvalue weighted by atomic mass is 10.2. The quantitative estimate of drug-likeness (QED) is 0.530. The maximum absolute atomic E-state index is 11.9. The molecule has 0 N–H and O–H groups in total. The van der Waals surface area contributed by atoms with Gasteiger partial charge in [-0.2, -0.15) is 8.78 Å². The van der Waals surface area contributed by atoms with Gasteiger partial charge in [0.15, 0.2) is 6.17 Å². The molecule has 0 aromatic heterocycles. The van der Waals surface area contributed by atoms with E-state index >= 15 is 0 Å². The third-order valence-electron chi connectivity index (χ3n) is 0.878. The Hall–Kier alpha value is -0.280. The van der Waals surface area contributed by atoms with Crippen molar-refractivity contribution >= 4 is 0 Å². The Labute approximate surface area is 50.9 Å². The lowest BCUT2D eigenvalue weighted by Gasteiger charge is -2.13. The van der Waals surface area contributed by atoms with Gasteiger partial charge in [-0.25, -0.2) is 8.78 Å². The first kappa shape index (κ1) is 8.72. The van der Waals surface area contributed by atoms with Crippen LogP contribution in [-0.4, -0.2) is 12.1 Å². The number of hydrogen-bond donors (Lipinski definition) is 0. The zero-order valence-electron chi connectivity index (χ0n) is 4.80. The van der Waals surface area contributed by atoms with Crippen LogP contribution in [0.4, 0.5) is 17.6 Å². The van der Waals surface area contributed by atoms with Crippen LogP contribution >= 0.6 is 0 Å². The molecule has 0 nitrogen and oxygen atoms in total. The number of alkyl halides is 3. The second-order valence-corrected chi connectivity index (χ2v) is 1.59. The third kappa shape index (κ3) is 2.20. The topological polar surface area (TPSA) is 0 Å². The minimum atomic E-state index is -4.03. The Morgan fingerprint density at radius 2 is 2.00 bits per heavy atom. The number of halogens is 4. The molecule has 0 aliphatic rings. The Kier molecular flexibility index (Phi) is 2.94. The van der Waals surface area contributed by atoms with Crippen LogP contribution in [0, 0.1) is 6.67 Å². The van der Waals surface area contributed by atoms with Crippen LogP contribution in [0.15, 0.2) is 0 Å². The summed E-state index contributed by atoms with van der Waals surface area (Å²) in [6.07, 6.45) is -2.87. The lowest BCUT2D eigenvalue weighted by molar-refractivity contribution is -0.0611. The van der Waals surface area contributed by atoms with Crippen LogP contribution in [0.3, 0.4) is 0 Å². The molecule has 2 radical (unpaired) electrons. The average molecular weight is 142 g/mol. The molecule has 0 aliphatic carbocycles. The Balaban J connectivity index is 3.80. The molecule has 54 valence electrons. The molecule has 0 saturated heterocycles. The van der Waals surface area contributed by atoms with Gasteiger partial charge in [-0.05, 0) is 6.42 Å². The summed E-state index contributed by atoms with van der Waals surface area (Å²) in [5.41, 5.74) is 0. The van der Waals surface area contributed by atoms with Gasteiger partial charge in [0.05, 0.1) is 0 Å². The van der Waals surface area contributed by atoms with Gasteiger partial charge < -0.3 is 0 Å². The summed E-state index contributed by atoms with van der Waals surface area (Å²) in [7, 11) is 0. The molecule has 0 fully saturated rings. The fourth-order valence-electron chi connectivity index (χ4n) is 0.316. The molecule has 1 atom stereocenters. The molecule has 9 heavy (non-hydrogen) atoms. The van der Waals surface area contributed by atoms with Crippen molar-refractivity contribution < 1.29 is 17.6 Å². The van der Waals surface area contributed by atoms with Crippen molar-refractivity contribution in [3.05, 3.63) is 6.67 Å². The normalized spacial score (nSPS) is 15.7. The SMILES string of the molecule is CCC(F)C(F)(F)[C]F. The average Bonchev–Trinajstić information content (AvgIpc) is 1.86. The maximum atomic E-state index is 11.9. The smallest absolute Gasteiger partial charge is 0.241 e. The molecule has 0 aromatic rings. The van der Waals surface area contributed by atoms with E-state index in [1.54, 1.807) is 0 Å². The van der Waals surface area contributed by atoms with E-state index in [0.29, 0.717) is 0 Å². The first-order valence-electron chi connectivity index (χ1n) is 2.44. The number of hydrogen-bond acceptors (Lipinski definition) is 0. The summed E-state index contributed by atoms with van der Waals surface area (Å²) in [6.45, 7) is 1.29. The van der Waals surface area contributed by atoms with Gasteiger partial charge >= 0.3 is 5.92 Å². The summed E-state index contributed by atoms with van der Waals surface area (Å²) in [5, 5.41) is 0. The standard InChI is InChI=1S/C5H6F4/c1-2-4(7)5(8,9)3-6/h4H,2H2,1H3. The molecule has 4 heteroatoms. The molecular weight excluding hydrogens is 136 g/mol. The number of rotatable bonds is 3. The predicted octanol–water partition coefficient (Wildman–Crippen LogP) is 2.38. The first-order valence-corrected chi connectivity index (χ1v) is 2.44. The molecule has 0 spiro atoms. The van der Waals surface area contributed by atoms with Gasteiger partial charge in [0.2, 0.25) is 0 Å². The summed E-state index contributed by atoms with van der Waals surface area (Å²) < 4.78 is 46.2. The Morgan fingerprint density at radius 1 is 1.56 bits per heavy atom. The van der Waals surface area contributed by atoms with Crippen LogP contribution in [0.25, 0.3) is 0 Å². The summed E-state index contributed by atoms with van der Waals surface area (Å²) >= 11 is 0. The monoisotopic (exact) mass is 142 g/mol. The van der Waals surface area contributed by atoms with E-state index in [4.69, 9.17) is 0 Å². The molecule has 1 unspecified atom stereocenters. The van der Waals surface area contributed by atoms with Crippen molar-refractivity contribution in [3.63, 3.8) is 0 Å². The fourth-order valence-corrected chi connectivity index (χ4v) is 0.316. The molecule has 0 aromatic carbocycles. The van der Waals surface area contributed by atoms with E-state index in [2.05, 4.69) is 0 Å². The van der Waals surface area contributed by atoms with Gasteiger partial charge in [-0.15, -0.1) is 0 Å². The van der Waals surface area contributed by atoms with Crippen LogP contribution in [0.2, 0.25) is 0 Å². The highest BCUT2D eigenvalue weighted by molar-refractivity contribution is 4.82. The fraction of sp³-hybridized carbons (Fsp3) is 0.800. The highest BCUT2D eigenvalue weighted by Gasteiger charge is 2.40. The molecule has 0 heterocycles. The first-order chi connectivity index (χ1) is 4.04. The molecular formula is C5H6F4. The summed E-state index contributed by atoms with van der Waals surface area (Å²) in [5.74, 6) is -4.03. The van der Waals surface area contributed by atoms with Crippen molar-refractivity contribution in [2.24, 2.45) is 0 Å². The van der Waals surface area contributed by atoms with E-state index in [1.807, 2.05) is 0 Å². The van der Waals surface area contributed by atoms with E-state index in [9.17, 15) is 17.6 Å². The van der Waals surface area contributed by atoms with Crippen molar-refractivity contribution in [2.45, 2.75) is 25.4 Å². The minimum absolute atomic E-state index is 0.0837. The van der Waals surface area contributed by atoms with Crippen molar-refractivity contribution in [3.8, 4) is 0 Å². The molecule has 0 bridgehead atoms. The second kappa shape index (κ2) is 3.03. The van der Waals surface area contributed by atoms with Crippen LogP contribution in [0.5, 0.6) is 0 Å². The largest absolute Gasteiger partial charge is 0.319 e. The highest BCUT2D eigenvalue weighted by atomic mass is 19.3. The molecule has 0 amide bonds. The van der Waals surface area contributed by atoms with E-state index < -0.39 is 18.5 Å². The Bertz CT molecular complexity index is 81.0. The van der Waals surface area contributed by atoms with Gasteiger partial charge in [-0.3, -0.25) is 0 Å². The van der Waals surface area contributed by atoms with Crippen molar-refractivity contribution in [1.82, 2.24) is 0 Å². The predicted molar refractivity (Wildman–Crippen MR) is 24.5 cm³/mol. The van der Waals surface area contributed by atoms with Crippen molar-refractivity contribution in [2.75, 3.05) is 0 Å². The van der Waals surface area contributed by atoms with Gasteiger partial charge in [0, 0.05) is 0 Å². The summed E-state index contributed by atoms with van der Waals surface area (Å²) in [6, 6.07) is 0. The van der Waals surface area contributed by atoms with Gasteiger partial charge in [0.1, 0.15) is 0 Å². The van der Waals surface area contributed by atoms with Gasteiger partial charge in [0.25, 0.3) is 6.67 Å². The van der Waals surface area contributed by atoms with Gasteiger partial charge in [-0.1, -0.05) is 6.92 Å². The zero-order valence-corrected chi connectivity index (χ0v) is 4.80. The van der Waals surface area contributed by atoms with Crippen LogP contribution in [-0.2, 0) is 0 Å². The lowest BCUT2D eigenvalue weighted by Crippen LogP contribution is -2.28. The minimum Gasteiger partial charge on any atom is -0.241 e. The molecule has 0 rings (SSSR count). The third-order valence-corrected chi connectivity index (χ3v) is 0.878. The van der Waals surface area contributed by atoms with Crippen molar-refractivity contribution in [1.29, 1.82) is 0 Å². The zero-order chi connectivity index (χ0) is 7.49.